The van der Waals surface area contributed by atoms with Crippen LogP contribution in [0.2, 0.25) is 0 Å². The van der Waals surface area contributed by atoms with Gasteiger partial charge in [-0.15, -0.1) is 11.3 Å². The van der Waals surface area contributed by atoms with Crippen molar-refractivity contribution in [2.45, 2.75) is 105 Å². The van der Waals surface area contributed by atoms with Crippen molar-refractivity contribution < 1.29 is 37.1 Å². The number of hydrogen-bond acceptors (Lipinski definition) is 12. The highest BCUT2D eigenvalue weighted by Crippen LogP contribution is 2.46. The number of allylic oxidation sites excluding steroid dienone is 1. The van der Waals surface area contributed by atoms with Gasteiger partial charge < -0.3 is 29.6 Å². The summed E-state index contributed by atoms with van der Waals surface area (Å²) in [6.07, 6.45) is 11.4. The van der Waals surface area contributed by atoms with Crippen LogP contribution < -0.4 is 20.1 Å². The Balaban J connectivity index is 1.11. The number of carbonyl (C=O) groups is 4. The van der Waals surface area contributed by atoms with Crippen molar-refractivity contribution in [3.05, 3.63) is 66.5 Å². The number of aryl methyl sites for hydroxylation is 1. The van der Waals surface area contributed by atoms with Gasteiger partial charge in [0.15, 0.2) is 5.03 Å². The molecule has 0 bridgehead atoms. The normalized spacial score (nSPS) is 26.1. The summed E-state index contributed by atoms with van der Waals surface area (Å²) in [5.74, 6) is -2.32. The second kappa shape index (κ2) is 16.5. The minimum absolute atomic E-state index is 0.0135. The second-order valence-electron chi connectivity index (χ2n) is 15.5. The molecule has 58 heavy (non-hydrogen) atoms. The van der Waals surface area contributed by atoms with Crippen molar-refractivity contribution >= 4 is 56.2 Å². The molecular formula is C40H46N8O8S2. The zero-order chi connectivity index (χ0) is 40.4. The molecule has 3 N–H and O–H groups in total. The summed E-state index contributed by atoms with van der Waals surface area (Å²) in [7, 11) is -2.77. The summed E-state index contributed by atoms with van der Waals surface area (Å²) in [5.41, 5.74) is 0.181. The van der Waals surface area contributed by atoms with Gasteiger partial charge in [-0.05, 0) is 74.9 Å². The molecule has 1 aromatic carbocycles. The van der Waals surface area contributed by atoms with Gasteiger partial charge in [0.2, 0.25) is 17.7 Å². The zero-order valence-corrected chi connectivity index (χ0v) is 33.7. The number of imidazole rings is 1. The molecule has 3 fully saturated rings. The lowest BCUT2D eigenvalue weighted by molar-refractivity contribution is -0.141. The number of fused-ring (bicyclic) bond motifs is 3. The van der Waals surface area contributed by atoms with Gasteiger partial charge in [0.25, 0.3) is 15.9 Å². The van der Waals surface area contributed by atoms with Crippen molar-refractivity contribution in [3.8, 4) is 16.5 Å². The minimum atomic E-state index is -4.37. The van der Waals surface area contributed by atoms with Crippen molar-refractivity contribution in [1.29, 1.82) is 0 Å². The number of sulfonamides is 1. The SMILES string of the molecule is Cn1cnc(S(=O)(=O)NC(=O)[C@@]23CC2/C=C/CCCCC[C@@H](NC(=O)OC2CCCC2)C(=O)N2C[C@H](Oc4nc5ccccc5nc4-c4cccs4)C[C@H]2C(=O)N3)c1. The Morgan fingerprint density at radius 2 is 1.76 bits per heavy atom. The van der Waals surface area contributed by atoms with E-state index in [1.807, 2.05) is 53.9 Å². The lowest BCUT2D eigenvalue weighted by atomic mass is 10.0. The number of hydrogen-bond donors (Lipinski definition) is 3. The van der Waals surface area contributed by atoms with Crippen LogP contribution in [0, 0.1) is 5.92 Å². The quantitative estimate of drug-likeness (QED) is 0.213. The fourth-order valence-electron chi connectivity index (χ4n) is 8.09. The summed E-state index contributed by atoms with van der Waals surface area (Å²) in [5, 5.41) is 7.27. The topological polar surface area (TPSA) is 204 Å². The van der Waals surface area contributed by atoms with Gasteiger partial charge in [0.1, 0.15) is 35.5 Å². The second-order valence-corrected chi connectivity index (χ2v) is 18.1. The van der Waals surface area contributed by atoms with Crippen LogP contribution in [0.15, 0.2) is 71.5 Å². The number of para-hydroxylation sites is 2. The van der Waals surface area contributed by atoms with Gasteiger partial charge in [-0.3, -0.25) is 14.4 Å². The molecule has 1 saturated heterocycles. The molecule has 1 unspecified atom stereocenters. The van der Waals surface area contributed by atoms with Crippen molar-refractivity contribution in [1.82, 2.24) is 39.8 Å². The average molecular weight is 831 g/mol. The van der Waals surface area contributed by atoms with E-state index in [1.165, 1.54) is 33.3 Å². The van der Waals surface area contributed by atoms with Gasteiger partial charge in [-0.25, -0.2) is 24.5 Å². The zero-order valence-electron chi connectivity index (χ0n) is 32.0. The van der Waals surface area contributed by atoms with E-state index in [0.717, 1.165) is 43.4 Å². The third-order valence-electron chi connectivity index (χ3n) is 11.3. The van der Waals surface area contributed by atoms with E-state index in [-0.39, 0.29) is 36.4 Å². The molecule has 18 heteroatoms. The first-order valence-electron chi connectivity index (χ1n) is 19.8. The molecule has 0 radical (unpaired) electrons. The Bertz CT molecular complexity index is 2330. The number of thiophene rings is 1. The van der Waals surface area contributed by atoms with Crippen LogP contribution in [0.4, 0.5) is 4.79 Å². The summed E-state index contributed by atoms with van der Waals surface area (Å²) in [6.45, 7) is -0.0399. The lowest BCUT2D eigenvalue weighted by Crippen LogP contribution is -2.58. The maximum atomic E-state index is 14.7. The third kappa shape index (κ3) is 8.43. The van der Waals surface area contributed by atoms with E-state index in [2.05, 4.69) is 20.3 Å². The highest BCUT2D eigenvalue weighted by molar-refractivity contribution is 7.90. The summed E-state index contributed by atoms with van der Waals surface area (Å²) < 4.78 is 42.3. The molecule has 306 valence electrons. The highest BCUT2D eigenvalue weighted by Gasteiger charge is 2.62. The van der Waals surface area contributed by atoms with Gasteiger partial charge in [-0.1, -0.05) is 43.2 Å². The number of ether oxygens (including phenoxy) is 2. The number of rotatable bonds is 8. The summed E-state index contributed by atoms with van der Waals surface area (Å²) >= 11 is 1.47. The Labute approximate surface area is 339 Å². The van der Waals surface area contributed by atoms with Gasteiger partial charge >= 0.3 is 6.09 Å². The van der Waals surface area contributed by atoms with Crippen LogP contribution in [-0.2, 0) is 36.2 Å². The van der Waals surface area contributed by atoms with E-state index in [4.69, 9.17) is 19.4 Å². The Hall–Kier alpha value is -5.36. The van der Waals surface area contributed by atoms with E-state index in [9.17, 15) is 27.6 Å². The van der Waals surface area contributed by atoms with E-state index in [0.29, 0.717) is 36.0 Å². The van der Waals surface area contributed by atoms with Gasteiger partial charge in [0, 0.05) is 25.6 Å². The molecule has 0 spiro atoms. The van der Waals surface area contributed by atoms with E-state index >= 15 is 0 Å². The number of aromatic nitrogens is 4. The highest BCUT2D eigenvalue weighted by atomic mass is 32.2. The van der Waals surface area contributed by atoms with Crippen LogP contribution >= 0.6 is 11.3 Å². The van der Waals surface area contributed by atoms with Crippen LogP contribution in [0.25, 0.3) is 21.6 Å². The third-order valence-corrected chi connectivity index (χ3v) is 13.4. The molecule has 4 amide bonds. The van der Waals surface area contributed by atoms with Crippen LogP contribution in [0.3, 0.4) is 0 Å². The molecule has 2 saturated carbocycles. The van der Waals surface area contributed by atoms with Crippen LogP contribution in [0.5, 0.6) is 5.88 Å². The average Bonchev–Trinajstić information content (AvgIpc) is 3.85. The Morgan fingerprint density at radius 1 is 0.983 bits per heavy atom. The Morgan fingerprint density at radius 3 is 2.50 bits per heavy atom. The van der Waals surface area contributed by atoms with Gasteiger partial charge in [-0.2, -0.15) is 8.42 Å². The molecule has 2 aliphatic carbocycles. The van der Waals surface area contributed by atoms with Crippen LogP contribution in [-0.4, -0.2) is 93.0 Å². The Kier molecular flexibility index (Phi) is 11.2. The number of nitrogens with one attached hydrogen (secondary N) is 3. The molecule has 2 aliphatic heterocycles. The predicted octanol–water partition coefficient (Wildman–Crippen LogP) is 4.38. The molecule has 4 aromatic rings. The smallest absolute Gasteiger partial charge is 0.408 e. The number of benzene rings is 1. The molecular weight excluding hydrogens is 785 g/mol. The van der Waals surface area contributed by atoms with E-state index in [1.54, 1.807) is 7.05 Å². The molecule has 4 aliphatic rings. The van der Waals surface area contributed by atoms with Crippen molar-refractivity contribution in [2.75, 3.05) is 6.54 Å². The standard InChI is InChI=1S/C40H46N8O8S2/c1-47-23-33(41-24-47)58(53,54)46-38(51)40-21-25(40)12-5-3-2-4-6-17-30(44-39(52)56-26-13-7-8-14-26)37(50)48-22-27(20-31(48)35(49)45-40)55-36-34(32-18-11-19-57-32)42-28-15-9-10-16-29(28)43-36/h5,9-12,15-16,18-19,23-27,30-31H,2-4,6-8,13-14,17,20-22H2,1H3,(H,44,52)(H,45,49)(H,46,51)/b12-5+/t25?,27-,30-,31+,40-/m1/s1. The first-order chi connectivity index (χ1) is 28.0. The van der Waals surface area contributed by atoms with Gasteiger partial charge in [0.05, 0.1) is 28.8 Å². The molecule has 5 atom stereocenters. The maximum absolute atomic E-state index is 14.7. The predicted molar refractivity (Wildman–Crippen MR) is 213 cm³/mol. The van der Waals surface area contributed by atoms with Crippen molar-refractivity contribution in [3.63, 3.8) is 0 Å². The number of alkyl carbamates (subject to hydrolysis) is 1. The fraction of sp³-hybridized carbons (Fsp3) is 0.475. The molecule has 5 heterocycles. The minimum Gasteiger partial charge on any atom is -0.471 e. The monoisotopic (exact) mass is 830 g/mol. The first kappa shape index (κ1) is 39.5. The number of nitrogens with zero attached hydrogens (tertiary/aromatic N) is 5. The summed E-state index contributed by atoms with van der Waals surface area (Å²) in [6, 6.07) is 9.05. The lowest BCUT2D eigenvalue weighted by Gasteiger charge is -2.30. The molecule has 3 aromatic heterocycles. The van der Waals surface area contributed by atoms with E-state index < -0.39 is 63.5 Å². The fourth-order valence-corrected chi connectivity index (χ4v) is 9.82. The first-order valence-corrected chi connectivity index (χ1v) is 22.1. The van der Waals surface area contributed by atoms with Crippen LogP contribution in [0.1, 0.15) is 70.6 Å². The summed E-state index contributed by atoms with van der Waals surface area (Å²) in [4.78, 5) is 72.2. The largest absolute Gasteiger partial charge is 0.471 e. The number of amides is 4. The molecule has 8 rings (SSSR count). The number of carbonyl (C=O) groups excluding carboxylic acids is 4. The maximum Gasteiger partial charge on any atom is 0.408 e. The van der Waals surface area contributed by atoms with Crippen molar-refractivity contribution in [2.24, 2.45) is 13.0 Å². The molecule has 16 nitrogen and oxygen atoms in total.